The van der Waals surface area contributed by atoms with E-state index in [1.807, 2.05) is 6.07 Å². The number of rotatable bonds is 2. The van der Waals surface area contributed by atoms with Crippen LogP contribution in [0.25, 0.3) is 0 Å². The number of hydrogen-bond donors (Lipinski definition) is 2. The number of fused-ring (bicyclic) bond motifs is 2. The zero-order valence-electron chi connectivity index (χ0n) is 11.3. The van der Waals surface area contributed by atoms with Crippen molar-refractivity contribution in [2.75, 3.05) is 19.2 Å². The molecule has 0 saturated carbocycles. The van der Waals surface area contributed by atoms with E-state index >= 15 is 0 Å². The predicted octanol–water partition coefficient (Wildman–Crippen LogP) is 1.62. The molecule has 1 aromatic carbocycles. The van der Waals surface area contributed by atoms with E-state index in [2.05, 4.69) is 15.5 Å². The standard InChI is InChI=1S/C14H13N3O4/c1-19-10-4-12-11(20-6-21-12)2-8(10)7-3-13(18)16-14-9(7)5-15-17-14/h2,4-5,7H,3,6H2,1H3,(H2,15,16,17,18). The Kier molecular flexibility index (Phi) is 2.53. The first-order valence-corrected chi connectivity index (χ1v) is 6.57. The number of benzene rings is 1. The lowest BCUT2D eigenvalue weighted by Gasteiger charge is -2.24. The van der Waals surface area contributed by atoms with Crippen LogP contribution in [0.4, 0.5) is 5.82 Å². The first kappa shape index (κ1) is 12.1. The van der Waals surface area contributed by atoms with Crippen LogP contribution in [-0.2, 0) is 4.79 Å². The molecule has 0 fully saturated rings. The van der Waals surface area contributed by atoms with E-state index in [0.29, 0.717) is 29.5 Å². The number of anilines is 1. The fourth-order valence-corrected chi connectivity index (χ4v) is 2.81. The van der Waals surface area contributed by atoms with Gasteiger partial charge in [-0.05, 0) is 6.07 Å². The highest BCUT2D eigenvalue weighted by atomic mass is 16.7. The molecule has 0 saturated heterocycles. The van der Waals surface area contributed by atoms with Gasteiger partial charge < -0.3 is 19.5 Å². The summed E-state index contributed by atoms with van der Waals surface area (Å²) in [6, 6.07) is 3.67. The number of nitrogens with one attached hydrogen (secondary N) is 2. The van der Waals surface area contributed by atoms with Gasteiger partial charge in [-0.1, -0.05) is 0 Å². The smallest absolute Gasteiger partial charge is 0.231 e. The Bertz CT molecular complexity index is 725. The van der Waals surface area contributed by atoms with Crippen molar-refractivity contribution in [1.29, 1.82) is 0 Å². The van der Waals surface area contributed by atoms with Crippen molar-refractivity contribution >= 4 is 11.7 Å². The Balaban J connectivity index is 1.85. The lowest BCUT2D eigenvalue weighted by atomic mass is 9.86. The van der Waals surface area contributed by atoms with Crippen molar-refractivity contribution in [2.45, 2.75) is 12.3 Å². The van der Waals surface area contributed by atoms with Crippen molar-refractivity contribution in [3.8, 4) is 17.2 Å². The average Bonchev–Trinajstić information content (AvgIpc) is 3.12. The molecule has 21 heavy (non-hydrogen) atoms. The van der Waals surface area contributed by atoms with E-state index in [-0.39, 0.29) is 18.6 Å². The summed E-state index contributed by atoms with van der Waals surface area (Å²) in [5, 5.41) is 9.58. The van der Waals surface area contributed by atoms with Crippen LogP contribution in [0.5, 0.6) is 17.2 Å². The summed E-state index contributed by atoms with van der Waals surface area (Å²) in [6.45, 7) is 0.198. The minimum absolute atomic E-state index is 0.0588. The van der Waals surface area contributed by atoms with Crippen molar-refractivity contribution in [3.05, 3.63) is 29.5 Å². The number of carbonyl (C=O) groups excluding carboxylic acids is 1. The van der Waals surface area contributed by atoms with Gasteiger partial charge in [-0.2, -0.15) is 5.10 Å². The van der Waals surface area contributed by atoms with Crippen LogP contribution in [-0.4, -0.2) is 30.0 Å². The van der Waals surface area contributed by atoms with E-state index < -0.39 is 0 Å². The second-order valence-corrected chi connectivity index (χ2v) is 4.95. The van der Waals surface area contributed by atoms with Gasteiger partial charge in [-0.3, -0.25) is 9.89 Å². The Hall–Kier alpha value is -2.70. The van der Waals surface area contributed by atoms with Crippen LogP contribution in [0.15, 0.2) is 18.3 Å². The number of nitrogens with zero attached hydrogens (tertiary/aromatic N) is 1. The number of ether oxygens (including phenoxy) is 3. The van der Waals surface area contributed by atoms with Crippen LogP contribution in [0.1, 0.15) is 23.5 Å². The maximum absolute atomic E-state index is 11.9. The van der Waals surface area contributed by atoms with E-state index in [9.17, 15) is 4.79 Å². The van der Waals surface area contributed by atoms with Gasteiger partial charge in [-0.25, -0.2) is 0 Å². The van der Waals surface area contributed by atoms with Crippen LogP contribution in [0.2, 0.25) is 0 Å². The summed E-state index contributed by atoms with van der Waals surface area (Å²) < 4.78 is 16.2. The third kappa shape index (κ3) is 1.81. The highest BCUT2D eigenvalue weighted by molar-refractivity contribution is 5.94. The SMILES string of the molecule is COc1cc2c(cc1C1CC(=O)Nc3[nH]ncc31)OCO2. The fraction of sp³-hybridized carbons (Fsp3) is 0.286. The number of H-pyrrole nitrogens is 1. The minimum Gasteiger partial charge on any atom is -0.496 e. The second kappa shape index (κ2) is 4.41. The molecule has 108 valence electrons. The van der Waals surface area contributed by atoms with Crippen molar-refractivity contribution in [2.24, 2.45) is 0 Å². The molecule has 0 bridgehead atoms. The molecule has 0 radical (unpaired) electrons. The van der Waals surface area contributed by atoms with Gasteiger partial charge >= 0.3 is 0 Å². The molecule has 2 aliphatic heterocycles. The summed E-state index contributed by atoms with van der Waals surface area (Å²) in [7, 11) is 1.60. The number of hydrogen-bond acceptors (Lipinski definition) is 5. The summed E-state index contributed by atoms with van der Waals surface area (Å²) in [5.74, 6) is 2.44. The van der Waals surface area contributed by atoms with E-state index in [4.69, 9.17) is 14.2 Å². The molecule has 2 aliphatic rings. The summed E-state index contributed by atoms with van der Waals surface area (Å²) in [5.41, 5.74) is 1.83. The highest BCUT2D eigenvalue weighted by Gasteiger charge is 2.31. The van der Waals surface area contributed by atoms with Crippen LogP contribution in [0.3, 0.4) is 0 Å². The molecule has 1 atom stereocenters. The first-order chi connectivity index (χ1) is 10.3. The molecule has 1 amide bonds. The lowest BCUT2D eigenvalue weighted by Crippen LogP contribution is -2.23. The van der Waals surface area contributed by atoms with Crippen LogP contribution < -0.4 is 19.5 Å². The van der Waals surface area contributed by atoms with Crippen LogP contribution >= 0.6 is 0 Å². The molecular formula is C14H13N3O4. The lowest BCUT2D eigenvalue weighted by molar-refractivity contribution is -0.116. The van der Waals surface area contributed by atoms with Gasteiger partial charge in [0.15, 0.2) is 11.5 Å². The molecule has 2 N–H and O–H groups in total. The topological polar surface area (TPSA) is 85.5 Å². The largest absolute Gasteiger partial charge is 0.496 e. The Morgan fingerprint density at radius 1 is 1.29 bits per heavy atom. The molecule has 7 nitrogen and oxygen atoms in total. The van der Waals surface area contributed by atoms with Crippen LogP contribution in [0, 0.1) is 0 Å². The molecule has 0 spiro atoms. The molecule has 2 aromatic rings. The fourth-order valence-electron chi connectivity index (χ4n) is 2.81. The Morgan fingerprint density at radius 2 is 2.10 bits per heavy atom. The third-order valence-corrected chi connectivity index (χ3v) is 3.80. The quantitative estimate of drug-likeness (QED) is 0.876. The zero-order chi connectivity index (χ0) is 14.4. The number of amides is 1. The summed E-state index contributed by atoms with van der Waals surface area (Å²) in [6.07, 6.45) is 2.06. The molecule has 4 rings (SSSR count). The number of aromatic nitrogens is 2. The molecular weight excluding hydrogens is 274 g/mol. The number of methoxy groups -OCH3 is 1. The van der Waals surface area contributed by atoms with Crippen molar-refractivity contribution in [3.63, 3.8) is 0 Å². The number of carbonyl (C=O) groups is 1. The summed E-state index contributed by atoms with van der Waals surface area (Å²) >= 11 is 0. The zero-order valence-corrected chi connectivity index (χ0v) is 11.3. The maximum Gasteiger partial charge on any atom is 0.231 e. The maximum atomic E-state index is 11.9. The minimum atomic E-state index is -0.128. The third-order valence-electron chi connectivity index (χ3n) is 3.80. The van der Waals surface area contributed by atoms with Crippen molar-refractivity contribution < 1.29 is 19.0 Å². The molecule has 3 heterocycles. The molecule has 7 heteroatoms. The Morgan fingerprint density at radius 3 is 2.90 bits per heavy atom. The Labute approximate surface area is 120 Å². The van der Waals surface area contributed by atoms with Gasteiger partial charge in [0, 0.05) is 29.5 Å². The van der Waals surface area contributed by atoms with Gasteiger partial charge in [-0.15, -0.1) is 0 Å². The average molecular weight is 287 g/mol. The molecule has 0 aliphatic carbocycles. The monoisotopic (exact) mass is 287 g/mol. The van der Waals surface area contributed by atoms with Gasteiger partial charge in [0.2, 0.25) is 12.7 Å². The highest BCUT2D eigenvalue weighted by Crippen LogP contribution is 2.45. The predicted molar refractivity (Wildman–Crippen MR) is 72.8 cm³/mol. The molecule has 1 aromatic heterocycles. The number of aromatic amines is 1. The molecule has 1 unspecified atom stereocenters. The second-order valence-electron chi connectivity index (χ2n) is 4.95. The van der Waals surface area contributed by atoms with Gasteiger partial charge in [0.25, 0.3) is 0 Å². The summed E-state index contributed by atoms with van der Waals surface area (Å²) in [4.78, 5) is 11.9. The normalized spacial score (nSPS) is 19.1. The van der Waals surface area contributed by atoms with Gasteiger partial charge in [0.05, 0.1) is 13.3 Å². The van der Waals surface area contributed by atoms with E-state index in [1.165, 1.54) is 0 Å². The van der Waals surface area contributed by atoms with E-state index in [0.717, 1.165) is 11.1 Å². The van der Waals surface area contributed by atoms with E-state index in [1.54, 1.807) is 19.4 Å². The van der Waals surface area contributed by atoms with Gasteiger partial charge in [0.1, 0.15) is 11.6 Å². The first-order valence-electron chi connectivity index (χ1n) is 6.57. The van der Waals surface area contributed by atoms with Crippen molar-refractivity contribution in [1.82, 2.24) is 10.2 Å².